The van der Waals surface area contributed by atoms with Crippen LogP contribution in [0.25, 0.3) is 0 Å². The van der Waals surface area contributed by atoms with E-state index >= 15 is 0 Å². The Morgan fingerprint density at radius 1 is 1.35 bits per heavy atom. The van der Waals surface area contributed by atoms with Crippen LogP contribution in [0.3, 0.4) is 0 Å². The quantitative estimate of drug-likeness (QED) is 0.685. The summed E-state index contributed by atoms with van der Waals surface area (Å²) in [6.07, 6.45) is 2.39. The monoisotopic (exact) mass is 232 g/mol. The maximum Gasteiger partial charge on any atom is 0.262 e. The molecule has 0 aliphatic carbocycles. The fourth-order valence-electron chi connectivity index (χ4n) is 2.97. The third-order valence-electron chi connectivity index (χ3n) is 3.81. The molecular weight excluding hydrogens is 216 g/mol. The molecule has 2 aliphatic rings. The highest BCUT2D eigenvalue weighted by atomic mass is 16.1. The first-order valence-electron chi connectivity index (χ1n) is 6.16. The summed E-state index contributed by atoms with van der Waals surface area (Å²) in [4.78, 5) is 25.8. The molecule has 1 saturated heterocycles. The van der Waals surface area contributed by atoms with Crippen LogP contribution in [-0.2, 0) is 6.54 Å². The van der Waals surface area contributed by atoms with Gasteiger partial charge in [-0.2, -0.15) is 0 Å². The topological polar surface area (TPSA) is 42.3 Å². The van der Waals surface area contributed by atoms with Crippen LogP contribution in [0.1, 0.15) is 30.1 Å². The fraction of sp³-hybridized carbons (Fsp3) is 0.538. The van der Waals surface area contributed by atoms with E-state index in [9.17, 15) is 9.59 Å². The Labute approximate surface area is 99.9 Å². The molecule has 0 aromatic carbocycles. The van der Waals surface area contributed by atoms with Gasteiger partial charge in [-0.3, -0.25) is 14.2 Å². The molecule has 0 radical (unpaired) electrons. The van der Waals surface area contributed by atoms with Crippen molar-refractivity contribution in [1.29, 1.82) is 0 Å². The number of fused-ring (bicyclic) bond motifs is 4. The zero-order valence-electron chi connectivity index (χ0n) is 9.98. The molecule has 1 fully saturated rings. The molecular formula is C13H16N2O2. The Balaban J connectivity index is 2.15. The van der Waals surface area contributed by atoms with Gasteiger partial charge in [-0.25, -0.2) is 0 Å². The van der Waals surface area contributed by atoms with E-state index in [0.717, 1.165) is 25.5 Å². The van der Waals surface area contributed by atoms with E-state index in [4.69, 9.17) is 0 Å². The lowest BCUT2D eigenvalue weighted by molar-refractivity contribution is 0.101. The predicted octanol–water partition coefficient (Wildman–Crippen LogP) is 1.28. The molecule has 90 valence electrons. The number of nitrogens with zero attached hydrogens (tertiary/aromatic N) is 2. The van der Waals surface area contributed by atoms with Crippen molar-refractivity contribution in [3.05, 3.63) is 28.0 Å². The number of rotatable bonds is 1. The van der Waals surface area contributed by atoms with E-state index in [2.05, 4.69) is 4.90 Å². The van der Waals surface area contributed by atoms with E-state index < -0.39 is 0 Å². The number of aromatic nitrogens is 1. The maximum atomic E-state index is 12.2. The van der Waals surface area contributed by atoms with Gasteiger partial charge in [0.05, 0.1) is 5.56 Å². The van der Waals surface area contributed by atoms with Crippen molar-refractivity contribution >= 4 is 11.6 Å². The highest BCUT2D eigenvalue weighted by molar-refractivity contribution is 5.93. The molecule has 2 bridgehead atoms. The summed E-state index contributed by atoms with van der Waals surface area (Å²) in [6.45, 7) is 4.30. The Morgan fingerprint density at radius 3 is 2.94 bits per heavy atom. The van der Waals surface area contributed by atoms with Crippen molar-refractivity contribution < 1.29 is 4.79 Å². The molecule has 0 saturated carbocycles. The van der Waals surface area contributed by atoms with Gasteiger partial charge in [0.1, 0.15) is 5.82 Å². The highest BCUT2D eigenvalue weighted by Gasteiger charge is 2.29. The van der Waals surface area contributed by atoms with Gasteiger partial charge in [-0.15, -0.1) is 0 Å². The van der Waals surface area contributed by atoms with Crippen LogP contribution in [0.2, 0.25) is 0 Å². The van der Waals surface area contributed by atoms with Gasteiger partial charge in [0.2, 0.25) is 0 Å². The average Bonchev–Trinajstić information content (AvgIpc) is 2.30. The molecule has 1 atom stereocenters. The first-order chi connectivity index (χ1) is 8.16. The summed E-state index contributed by atoms with van der Waals surface area (Å²) in [5.41, 5.74) is 0.196. The van der Waals surface area contributed by atoms with Gasteiger partial charge in [0.25, 0.3) is 5.56 Å². The largest absolute Gasteiger partial charge is 0.358 e. The van der Waals surface area contributed by atoms with Gasteiger partial charge in [0, 0.05) is 19.6 Å². The lowest BCUT2D eigenvalue weighted by atomic mass is 9.95. The fourth-order valence-corrected chi connectivity index (χ4v) is 2.97. The first kappa shape index (κ1) is 10.6. The highest BCUT2D eigenvalue weighted by Crippen LogP contribution is 2.29. The Kier molecular flexibility index (Phi) is 2.31. The lowest BCUT2D eigenvalue weighted by Gasteiger charge is -2.40. The van der Waals surface area contributed by atoms with Crippen LogP contribution in [0.4, 0.5) is 5.82 Å². The van der Waals surface area contributed by atoms with E-state index in [0.29, 0.717) is 11.5 Å². The zero-order chi connectivity index (χ0) is 12.0. The van der Waals surface area contributed by atoms with Crippen molar-refractivity contribution in [3.63, 3.8) is 0 Å². The molecule has 0 spiro atoms. The Morgan fingerprint density at radius 2 is 2.18 bits per heavy atom. The van der Waals surface area contributed by atoms with Crippen LogP contribution < -0.4 is 10.5 Å². The van der Waals surface area contributed by atoms with Gasteiger partial charge >= 0.3 is 0 Å². The molecule has 1 aromatic rings. The zero-order valence-corrected chi connectivity index (χ0v) is 9.98. The number of pyridine rings is 1. The summed E-state index contributed by atoms with van der Waals surface area (Å²) in [6, 6.07) is 3.59. The van der Waals surface area contributed by atoms with Crippen LogP contribution >= 0.6 is 0 Å². The molecule has 1 aromatic heterocycles. The van der Waals surface area contributed by atoms with Crippen molar-refractivity contribution in [3.8, 4) is 0 Å². The number of ketones is 1. The molecule has 1 unspecified atom stereocenters. The predicted molar refractivity (Wildman–Crippen MR) is 65.6 cm³/mol. The number of carbonyl (C=O) groups excluding carboxylic acids is 1. The van der Waals surface area contributed by atoms with Crippen molar-refractivity contribution in [1.82, 2.24) is 4.57 Å². The van der Waals surface area contributed by atoms with Crippen molar-refractivity contribution in [2.45, 2.75) is 26.3 Å². The second kappa shape index (κ2) is 3.72. The number of carbonyl (C=O) groups is 1. The Hall–Kier alpha value is -1.58. The summed E-state index contributed by atoms with van der Waals surface area (Å²) < 4.78 is 1.78. The van der Waals surface area contributed by atoms with Crippen LogP contribution in [-0.4, -0.2) is 23.4 Å². The van der Waals surface area contributed by atoms with Crippen LogP contribution in [0, 0.1) is 5.92 Å². The minimum absolute atomic E-state index is 0.119. The normalized spacial score (nSPS) is 22.2. The molecule has 2 aliphatic heterocycles. The van der Waals surface area contributed by atoms with Crippen LogP contribution in [0.15, 0.2) is 16.9 Å². The first-order valence-corrected chi connectivity index (χ1v) is 6.16. The molecule has 4 nitrogen and oxygen atoms in total. The van der Waals surface area contributed by atoms with Gasteiger partial charge in [-0.05, 0) is 37.8 Å². The molecule has 4 heteroatoms. The summed E-state index contributed by atoms with van der Waals surface area (Å²) in [5.74, 6) is 1.41. The van der Waals surface area contributed by atoms with Crippen molar-refractivity contribution in [2.24, 2.45) is 5.92 Å². The van der Waals surface area contributed by atoms with E-state index in [1.54, 1.807) is 10.6 Å². The third-order valence-corrected chi connectivity index (χ3v) is 3.81. The summed E-state index contributed by atoms with van der Waals surface area (Å²) in [5, 5.41) is 0. The standard InChI is InChI=1S/C13H16N2O2/c1-9(16)11-4-5-12-14-6-2-3-10(7-14)8-15(12)13(11)17/h4-5,10H,2-3,6-8H2,1H3. The van der Waals surface area contributed by atoms with E-state index in [1.165, 1.54) is 19.8 Å². The summed E-state index contributed by atoms with van der Waals surface area (Å²) in [7, 11) is 0. The number of piperidine rings is 1. The minimum Gasteiger partial charge on any atom is -0.358 e. The van der Waals surface area contributed by atoms with Crippen LogP contribution in [0.5, 0.6) is 0 Å². The van der Waals surface area contributed by atoms with Crippen molar-refractivity contribution in [2.75, 3.05) is 18.0 Å². The average molecular weight is 232 g/mol. The Bertz CT molecular complexity index is 533. The minimum atomic E-state index is -0.143. The second-order valence-electron chi connectivity index (χ2n) is 5.03. The van der Waals surface area contributed by atoms with Gasteiger partial charge < -0.3 is 4.90 Å². The summed E-state index contributed by atoms with van der Waals surface area (Å²) >= 11 is 0. The SMILES string of the molecule is CC(=O)c1ccc2n(c1=O)CC1CCCN2C1. The molecule has 3 rings (SSSR count). The number of Topliss-reactive ketones (excluding diaryl/α,β-unsaturated/α-hetero) is 1. The number of hydrogen-bond donors (Lipinski definition) is 0. The molecule has 0 N–H and O–H groups in total. The number of anilines is 1. The van der Waals surface area contributed by atoms with E-state index in [1.807, 2.05) is 6.07 Å². The van der Waals surface area contributed by atoms with Gasteiger partial charge in [-0.1, -0.05) is 0 Å². The van der Waals surface area contributed by atoms with Gasteiger partial charge in [0.15, 0.2) is 5.78 Å². The second-order valence-corrected chi connectivity index (χ2v) is 5.03. The third kappa shape index (κ3) is 1.59. The molecule has 3 heterocycles. The smallest absolute Gasteiger partial charge is 0.262 e. The lowest BCUT2D eigenvalue weighted by Crippen LogP contribution is -2.46. The maximum absolute atomic E-state index is 12.2. The molecule has 17 heavy (non-hydrogen) atoms. The molecule has 0 amide bonds. The number of hydrogen-bond acceptors (Lipinski definition) is 3. The van der Waals surface area contributed by atoms with E-state index in [-0.39, 0.29) is 11.3 Å².